The molecule has 0 bridgehead atoms. The lowest BCUT2D eigenvalue weighted by atomic mass is 10.1. The van der Waals surface area contributed by atoms with Gasteiger partial charge in [0.2, 0.25) is 0 Å². The molecule has 1 amide bonds. The number of hydrogen-bond donors (Lipinski definition) is 2. The largest absolute Gasteiger partial charge is 0.507 e. The SMILES string of the molecule is O=C(NCc1ccccc1)c1nc2ccccc2c(O)c1CN1CCOCC1. The number of fused-ring (bicyclic) bond motifs is 1. The molecule has 2 aromatic carbocycles. The van der Waals surface area contributed by atoms with Crippen molar-refractivity contribution in [3.8, 4) is 5.75 Å². The Balaban J connectivity index is 1.66. The number of aromatic nitrogens is 1. The second-order valence-corrected chi connectivity index (χ2v) is 6.86. The van der Waals surface area contributed by atoms with Crippen LogP contribution in [0.2, 0.25) is 0 Å². The normalized spacial score (nSPS) is 14.9. The number of aromatic hydroxyl groups is 1. The molecule has 2 N–H and O–H groups in total. The monoisotopic (exact) mass is 377 g/mol. The van der Waals surface area contributed by atoms with Gasteiger partial charge in [0.05, 0.1) is 18.7 Å². The summed E-state index contributed by atoms with van der Waals surface area (Å²) in [6, 6.07) is 17.1. The van der Waals surface area contributed by atoms with Crippen LogP contribution in [0, 0.1) is 0 Å². The Bertz CT molecular complexity index is 969. The Labute approximate surface area is 163 Å². The second-order valence-electron chi connectivity index (χ2n) is 6.86. The van der Waals surface area contributed by atoms with Crippen molar-refractivity contribution in [3.05, 3.63) is 71.4 Å². The van der Waals surface area contributed by atoms with Gasteiger partial charge in [-0.3, -0.25) is 9.69 Å². The lowest BCUT2D eigenvalue weighted by molar-refractivity contribution is 0.0337. The fraction of sp³-hybridized carbons (Fsp3) is 0.273. The third-order valence-corrected chi connectivity index (χ3v) is 4.96. The van der Waals surface area contributed by atoms with Gasteiger partial charge < -0.3 is 15.2 Å². The summed E-state index contributed by atoms with van der Waals surface area (Å²) in [5.41, 5.74) is 2.45. The van der Waals surface area contributed by atoms with E-state index in [-0.39, 0.29) is 17.4 Å². The zero-order chi connectivity index (χ0) is 19.3. The summed E-state index contributed by atoms with van der Waals surface area (Å²) >= 11 is 0. The van der Waals surface area contributed by atoms with Crippen molar-refractivity contribution < 1.29 is 14.6 Å². The number of amides is 1. The predicted molar refractivity (Wildman–Crippen MR) is 107 cm³/mol. The fourth-order valence-corrected chi connectivity index (χ4v) is 3.42. The van der Waals surface area contributed by atoms with Gasteiger partial charge in [0, 0.05) is 37.1 Å². The van der Waals surface area contributed by atoms with Gasteiger partial charge >= 0.3 is 0 Å². The van der Waals surface area contributed by atoms with Crippen LogP contribution in [0.1, 0.15) is 21.6 Å². The Hall–Kier alpha value is -2.96. The highest BCUT2D eigenvalue weighted by Gasteiger charge is 2.23. The molecule has 1 fully saturated rings. The number of para-hydroxylation sites is 1. The van der Waals surface area contributed by atoms with E-state index in [4.69, 9.17) is 4.74 Å². The van der Waals surface area contributed by atoms with Crippen LogP contribution in [-0.2, 0) is 17.8 Å². The van der Waals surface area contributed by atoms with Gasteiger partial charge in [-0.1, -0.05) is 42.5 Å². The standard InChI is InChI=1S/C22H23N3O3/c26-21-17-8-4-5-9-19(17)24-20(18(21)15-25-10-12-28-13-11-25)22(27)23-14-16-6-2-1-3-7-16/h1-9H,10-15H2,(H,23,27)(H,24,26). The molecule has 1 aliphatic rings. The summed E-state index contributed by atoms with van der Waals surface area (Å²) in [4.78, 5) is 19.7. The van der Waals surface area contributed by atoms with Crippen LogP contribution >= 0.6 is 0 Å². The second kappa shape index (κ2) is 8.37. The van der Waals surface area contributed by atoms with E-state index in [1.807, 2.05) is 54.6 Å². The van der Waals surface area contributed by atoms with Gasteiger partial charge in [0.25, 0.3) is 5.91 Å². The smallest absolute Gasteiger partial charge is 0.270 e. The number of carbonyl (C=O) groups excluding carboxylic acids is 1. The quantitative estimate of drug-likeness (QED) is 0.715. The van der Waals surface area contributed by atoms with E-state index in [0.29, 0.717) is 42.8 Å². The lowest BCUT2D eigenvalue weighted by Gasteiger charge is -2.27. The van der Waals surface area contributed by atoms with E-state index in [9.17, 15) is 9.90 Å². The van der Waals surface area contributed by atoms with Crippen LogP contribution in [0.5, 0.6) is 5.75 Å². The van der Waals surface area contributed by atoms with Crippen molar-refractivity contribution in [2.75, 3.05) is 26.3 Å². The molecule has 0 spiro atoms. The summed E-state index contributed by atoms with van der Waals surface area (Å²) in [6.07, 6.45) is 0. The summed E-state index contributed by atoms with van der Waals surface area (Å²) in [5, 5.41) is 14.5. The number of nitrogens with one attached hydrogen (secondary N) is 1. The Kier molecular flexibility index (Phi) is 5.50. The van der Waals surface area contributed by atoms with Crippen molar-refractivity contribution in [2.45, 2.75) is 13.1 Å². The number of rotatable bonds is 5. The average molecular weight is 377 g/mol. The number of pyridine rings is 1. The average Bonchev–Trinajstić information content (AvgIpc) is 2.75. The van der Waals surface area contributed by atoms with Gasteiger partial charge in [0.1, 0.15) is 11.4 Å². The minimum atomic E-state index is -0.284. The fourth-order valence-electron chi connectivity index (χ4n) is 3.42. The van der Waals surface area contributed by atoms with Crippen molar-refractivity contribution in [1.29, 1.82) is 0 Å². The van der Waals surface area contributed by atoms with Crippen LogP contribution in [0.15, 0.2) is 54.6 Å². The summed E-state index contributed by atoms with van der Waals surface area (Å²) in [5.74, 6) is -0.157. The maximum absolute atomic E-state index is 12.9. The molecule has 0 atom stereocenters. The van der Waals surface area contributed by atoms with Crippen LogP contribution in [0.25, 0.3) is 10.9 Å². The number of nitrogens with zero attached hydrogens (tertiary/aromatic N) is 2. The number of carbonyl (C=O) groups is 1. The van der Waals surface area contributed by atoms with E-state index in [0.717, 1.165) is 18.7 Å². The molecule has 0 saturated carbocycles. The van der Waals surface area contributed by atoms with Crippen LogP contribution in [-0.4, -0.2) is 47.2 Å². The zero-order valence-corrected chi connectivity index (χ0v) is 15.6. The molecule has 0 aliphatic carbocycles. The minimum Gasteiger partial charge on any atom is -0.507 e. The molecule has 0 radical (unpaired) electrons. The molecule has 4 rings (SSSR count). The van der Waals surface area contributed by atoms with Crippen LogP contribution in [0.3, 0.4) is 0 Å². The maximum Gasteiger partial charge on any atom is 0.270 e. The summed E-state index contributed by atoms with van der Waals surface area (Å²) in [6.45, 7) is 3.69. The van der Waals surface area contributed by atoms with Gasteiger partial charge in [-0.25, -0.2) is 4.98 Å². The molecule has 2 heterocycles. The van der Waals surface area contributed by atoms with Crippen LogP contribution in [0.4, 0.5) is 0 Å². The Morgan fingerprint density at radius 3 is 2.57 bits per heavy atom. The number of ether oxygens (including phenoxy) is 1. The molecule has 144 valence electrons. The molecular formula is C22H23N3O3. The molecular weight excluding hydrogens is 354 g/mol. The highest BCUT2D eigenvalue weighted by molar-refractivity contribution is 5.99. The third kappa shape index (κ3) is 3.98. The third-order valence-electron chi connectivity index (χ3n) is 4.96. The van der Waals surface area contributed by atoms with E-state index in [1.165, 1.54) is 0 Å². The van der Waals surface area contributed by atoms with Crippen molar-refractivity contribution in [3.63, 3.8) is 0 Å². The van der Waals surface area contributed by atoms with E-state index >= 15 is 0 Å². The first-order chi connectivity index (χ1) is 13.7. The Morgan fingerprint density at radius 1 is 1.07 bits per heavy atom. The lowest BCUT2D eigenvalue weighted by Crippen LogP contribution is -2.36. The van der Waals surface area contributed by atoms with Crippen molar-refractivity contribution in [1.82, 2.24) is 15.2 Å². The van der Waals surface area contributed by atoms with E-state index in [2.05, 4.69) is 15.2 Å². The predicted octanol–water partition coefficient (Wildman–Crippen LogP) is 2.70. The number of morpholine rings is 1. The Morgan fingerprint density at radius 2 is 1.79 bits per heavy atom. The van der Waals surface area contributed by atoms with Crippen molar-refractivity contribution in [2.24, 2.45) is 0 Å². The van der Waals surface area contributed by atoms with Gasteiger partial charge in [-0.15, -0.1) is 0 Å². The topological polar surface area (TPSA) is 74.7 Å². The van der Waals surface area contributed by atoms with E-state index < -0.39 is 0 Å². The van der Waals surface area contributed by atoms with Crippen molar-refractivity contribution >= 4 is 16.8 Å². The molecule has 0 unspecified atom stereocenters. The molecule has 3 aromatic rings. The van der Waals surface area contributed by atoms with Gasteiger partial charge in [-0.05, 0) is 17.7 Å². The minimum absolute atomic E-state index is 0.127. The van der Waals surface area contributed by atoms with Gasteiger partial charge in [0.15, 0.2) is 0 Å². The molecule has 6 heteroatoms. The number of hydrogen-bond acceptors (Lipinski definition) is 5. The van der Waals surface area contributed by atoms with Gasteiger partial charge in [-0.2, -0.15) is 0 Å². The first-order valence-corrected chi connectivity index (χ1v) is 9.45. The number of benzene rings is 2. The summed E-state index contributed by atoms with van der Waals surface area (Å²) < 4.78 is 5.40. The molecule has 1 saturated heterocycles. The zero-order valence-electron chi connectivity index (χ0n) is 15.6. The molecule has 1 aromatic heterocycles. The molecule has 6 nitrogen and oxygen atoms in total. The maximum atomic E-state index is 12.9. The first kappa shape index (κ1) is 18.4. The molecule has 28 heavy (non-hydrogen) atoms. The highest BCUT2D eigenvalue weighted by Crippen LogP contribution is 2.31. The molecule has 1 aliphatic heterocycles. The van der Waals surface area contributed by atoms with Crippen LogP contribution < -0.4 is 5.32 Å². The highest BCUT2D eigenvalue weighted by atomic mass is 16.5. The van der Waals surface area contributed by atoms with E-state index in [1.54, 1.807) is 0 Å². The first-order valence-electron chi connectivity index (χ1n) is 9.45. The summed E-state index contributed by atoms with van der Waals surface area (Å²) in [7, 11) is 0.